The molecule has 1 heterocycles. The average molecular weight is 240 g/mol. The van der Waals surface area contributed by atoms with Crippen LogP contribution in [0, 0.1) is 0 Å². The third kappa shape index (κ3) is 2.60. The Morgan fingerprint density at radius 2 is 2.14 bits per heavy atom. The van der Waals surface area contributed by atoms with Gasteiger partial charge in [0.05, 0.1) is 12.3 Å². The van der Waals surface area contributed by atoms with Crippen LogP contribution in [0.2, 0.25) is 5.15 Å². The number of halogens is 1. The number of nitrogen functional groups attached to an aromatic ring is 2. The minimum Gasteiger partial charge on any atom is -0.332 e. The van der Waals surface area contributed by atoms with Gasteiger partial charge < -0.3 is 11.5 Å². The highest BCUT2D eigenvalue weighted by atomic mass is 35.5. The van der Waals surface area contributed by atoms with Crippen molar-refractivity contribution in [1.29, 1.82) is 0 Å². The highest BCUT2D eigenvalue weighted by molar-refractivity contribution is 7.86. The summed E-state index contributed by atoms with van der Waals surface area (Å²) in [5, 5.41) is 0.0494. The Morgan fingerprint density at radius 3 is 2.57 bits per heavy atom. The lowest BCUT2D eigenvalue weighted by atomic mass is 10.6. The summed E-state index contributed by atoms with van der Waals surface area (Å²) >= 11 is 5.50. The zero-order valence-electron chi connectivity index (χ0n) is 7.14. The zero-order chi connectivity index (χ0) is 10.9. The van der Waals surface area contributed by atoms with E-state index in [0.717, 1.165) is 6.26 Å². The molecule has 0 spiro atoms. The van der Waals surface area contributed by atoms with Crippen LogP contribution in [0.1, 0.15) is 0 Å². The summed E-state index contributed by atoms with van der Waals surface area (Å²) in [4.78, 5) is 3.56. The minimum atomic E-state index is -3.72. The summed E-state index contributed by atoms with van der Waals surface area (Å²) < 4.78 is 26.7. The first-order valence-electron chi connectivity index (χ1n) is 3.33. The van der Waals surface area contributed by atoms with E-state index >= 15 is 0 Å². The van der Waals surface area contributed by atoms with Crippen LogP contribution in [0.3, 0.4) is 0 Å². The molecule has 1 aromatic heterocycles. The van der Waals surface area contributed by atoms with E-state index < -0.39 is 10.1 Å². The monoisotopic (exact) mass is 239 g/mol. The smallest absolute Gasteiger partial charge is 0.332 e. The summed E-state index contributed by atoms with van der Waals surface area (Å²) in [6.07, 6.45) is 0.855. The second-order valence-electron chi connectivity index (χ2n) is 2.43. The van der Waals surface area contributed by atoms with Crippen LogP contribution < -0.4 is 20.5 Å². The van der Waals surface area contributed by atoms with Crippen LogP contribution in [0.15, 0.2) is 6.07 Å². The number of hydrogen-bond donors (Lipinski definition) is 2. The van der Waals surface area contributed by atoms with Crippen LogP contribution >= 0.6 is 11.6 Å². The van der Waals surface area contributed by atoms with Gasteiger partial charge in [-0.3, -0.25) is 0 Å². The van der Waals surface area contributed by atoms with Crippen molar-refractivity contribution in [3.05, 3.63) is 11.2 Å². The number of hydrogen-bond acceptors (Lipinski definition) is 6. The normalized spacial score (nSPS) is 11.3. The molecular formula is C5H8ClN4O3S+. The summed E-state index contributed by atoms with van der Waals surface area (Å²) in [5.74, 6) is -0.312. The topological polar surface area (TPSA) is 112 Å². The molecule has 7 nitrogen and oxygen atoms in total. The fourth-order valence-electron chi connectivity index (χ4n) is 0.717. The molecule has 0 bridgehead atoms. The first-order chi connectivity index (χ1) is 6.29. The number of anilines is 2. The molecule has 0 aromatic carbocycles. The third-order valence-corrected chi connectivity index (χ3v) is 1.75. The molecule has 0 atom stereocenters. The van der Waals surface area contributed by atoms with Crippen molar-refractivity contribution in [3.8, 4) is 0 Å². The molecule has 0 unspecified atom stereocenters. The van der Waals surface area contributed by atoms with Crippen molar-refractivity contribution >= 4 is 33.5 Å². The Balaban J connectivity index is 3.22. The van der Waals surface area contributed by atoms with Crippen LogP contribution in [0.25, 0.3) is 0 Å². The van der Waals surface area contributed by atoms with Crippen LogP contribution in [0.5, 0.6) is 0 Å². The predicted molar refractivity (Wildman–Crippen MR) is 49.7 cm³/mol. The van der Waals surface area contributed by atoms with Crippen LogP contribution in [-0.2, 0) is 10.1 Å². The summed E-state index contributed by atoms with van der Waals surface area (Å²) in [6.45, 7) is 0. The molecule has 0 aliphatic heterocycles. The maximum absolute atomic E-state index is 10.8. The standard InChI is InChI=1S/C5H7ClN4O3S/c1-14(11,12)13-10-4(7)2-3(6)9-5(10)8/h2H,1H3,(H3,7,8,9)/p+1. The van der Waals surface area contributed by atoms with E-state index in [0.29, 0.717) is 4.73 Å². The van der Waals surface area contributed by atoms with E-state index in [4.69, 9.17) is 23.1 Å². The van der Waals surface area contributed by atoms with Crippen molar-refractivity contribution in [2.24, 2.45) is 0 Å². The van der Waals surface area contributed by atoms with Crippen molar-refractivity contribution in [2.45, 2.75) is 0 Å². The predicted octanol–water partition coefficient (Wildman–Crippen LogP) is -1.42. The minimum absolute atomic E-state index is 0.0494. The highest BCUT2D eigenvalue weighted by Crippen LogP contribution is 2.07. The lowest BCUT2D eigenvalue weighted by molar-refractivity contribution is -0.833. The second kappa shape index (κ2) is 3.46. The van der Waals surface area contributed by atoms with Crippen LogP contribution in [-0.4, -0.2) is 19.7 Å². The van der Waals surface area contributed by atoms with Crippen LogP contribution in [0.4, 0.5) is 11.8 Å². The quantitative estimate of drug-likeness (QED) is 0.484. The van der Waals surface area contributed by atoms with Crippen molar-refractivity contribution < 1.29 is 17.4 Å². The Labute approximate surface area is 85.3 Å². The highest BCUT2D eigenvalue weighted by Gasteiger charge is 2.17. The van der Waals surface area contributed by atoms with Gasteiger partial charge in [-0.15, -0.1) is 0 Å². The van der Waals surface area contributed by atoms with E-state index in [2.05, 4.69) is 9.27 Å². The van der Waals surface area contributed by atoms with Gasteiger partial charge in [0.1, 0.15) is 0 Å². The Bertz CT molecular complexity index is 437. The molecular weight excluding hydrogens is 232 g/mol. The van der Waals surface area contributed by atoms with E-state index in [1.54, 1.807) is 0 Å². The van der Waals surface area contributed by atoms with Gasteiger partial charge in [0, 0.05) is 0 Å². The zero-order valence-corrected chi connectivity index (χ0v) is 8.71. The number of nitrogens with two attached hydrogens (primary N) is 2. The lowest BCUT2D eigenvalue weighted by Crippen LogP contribution is -2.50. The molecule has 0 radical (unpaired) electrons. The number of nitrogens with zero attached hydrogens (tertiary/aromatic N) is 2. The van der Waals surface area contributed by atoms with Gasteiger partial charge in [-0.1, -0.05) is 4.98 Å². The number of aromatic nitrogens is 2. The molecule has 0 saturated heterocycles. The van der Waals surface area contributed by atoms with Gasteiger partial charge in [-0.25, -0.2) is 4.28 Å². The Morgan fingerprint density at radius 1 is 1.57 bits per heavy atom. The van der Waals surface area contributed by atoms with Gasteiger partial charge >= 0.3 is 16.1 Å². The fourth-order valence-corrected chi connectivity index (χ4v) is 1.35. The second-order valence-corrected chi connectivity index (χ2v) is 4.38. The van der Waals surface area contributed by atoms with Crippen molar-refractivity contribution in [3.63, 3.8) is 0 Å². The van der Waals surface area contributed by atoms with E-state index in [-0.39, 0.29) is 16.9 Å². The van der Waals surface area contributed by atoms with E-state index in [1.165, 1.54) is 6.07 Å². The summed E-state index contributed by atoms with van der Waals surface area (Å²) in [5.41, 5.74) is 10.7. The Hall–Kier alpha value is -1.28. The lowest BCUT2D eigenvalue weighted by Gasteiger charge is -2.04. The molecule has 0 aliphatic rings. The van der Waals surface area contributed by atoms with Crippen molar-refractivity contribution in [2.75, 3.05) is 17.7 Å². The maximum atomic E-state index is 10.8. The van der Waals surface area contributed by atoms with Crippen molar-refractivity contribution in [1.82, 2.24) is 4.98 Å². The average Bonchev–Trinajstić information content (AvgIpc) is 1.95. The molecule has 1 aromatic rings. The first-order valence-corrected chi connectivity index (χ1v) is 5.52. The molecule has 9 heteroatoms. The summed E-state index contributed by atoms with van der Waals surface area (Å²) in [7, 11) is -3.72. The molecule has 78 valence electrons. The van der Waals surface area contributed by atoms with Gasteiger partial charge in [0.15, 0.2) is 5.15 Å². The molecule has 0 aliphatic carbocycles. The fraction of sp³-hybridized carbons (Fsp3) is 0.200. The van der Waals surface area contributed by atoms with Gasteiger partial charge in [0.25, 0.3) is 0 Å². The molecule has 0 amide bonds. The molecule has 1 rings (SSSR count). The molecule has 0 saturated carbocycles. The first kappa shape index (κ1) is 10.8. The summed E-state index contributed by atoms with van der Waals surface area (Å²) in [6, 6.07) is 1.21. The molecule has 0 fully saturated rings. The van der Waals surface area contributed by atoms with E-state index in [9.17, 15) is 8.42 Å². The largest absolute Gasteiger partial charge is 0.384 e. The molecule has 14 heavy (non-hydrogen) atoms. The Kier molecular flexibility index (Phi) is 2.67. The van der Waals surface area contributed by atoms with Gasteiger partial charge in [0.2, 0.25) is 5.82 Å². The molecule has 4 N–H and O–H groups in total. The number of rotatable bonds is 2. The van der Waals surface area contributed by atoms with E-state index in [1.807, 2.05) is 0 Å². The SMILES string of the molecule is CS(=O)(=O)O[n+]1c(N)cc(Cl)nc1N. The maximum Gasteiger partial charge on any atom is 0.384 e. The van der Waals surface area contributed by atoms with Gasteiger partial charge in [-0.2, -0.15) is 8.42 Å². The third-order valence-electron chi connectivity index (χ3n) is 1.14. The van der Waals surface area contributed by atoms with Gasteiger partial charge in [-0.05, 0) is 16.3 Å².